The van der Waals surface area contributed by atoms with Crippen LogP contribution < -0.4 is 4.31 Å². The zero-order valence-electron chi connectivity index (χ0n) is 15.3. The molecule has 0 aliphatic heterocycles. The quantitative estimate of drug-likeness (QED) is 0.751. The number of sulfonamides is 1. The van der Waals surface area contributed by atoms with Crippen molar-refractivity contribution in [3.63, 3.8) is 0 Å². The van der Waals surface area contributed by atoms with Crippen LogP contribution >= 0.6 is 0 Å². The maximum atomic E-state index is 13.1. The average molecular weight is 375 g/mol. The highest BCUT2D eigenvalue weighted by atomic mass is 32.2. The van der Waals surface area contributed by atoms with E-state index in [1.807, 2.05) is 19.1 Å². The van der Waals surface area contributed by atoms with Gasteiger partial charge in [-0.3, -0.25) is 9.10 Å². The van der Waals surface area contributed by atoms with Crippen LogP contribution in [0.15, 0.2) is 53.4 Å². The molecule has 2 aromatic rings. The second kappa shape index (κ2) is 8.36. The number of nitrogens with zero attached hydrogens (tertiary/aromatic N) is 1. The third kappa shape index (κ3) is 4.85. The fourth-order valence-electron chi connectivity index (χ4n) is 2.62. The number of carboxylic acids is 1. The predicted molar refractivity (Wildman–Crippen MR) is 103 cm³/mol. The largest absolute Gasteiger partial charge is 0.481 e. The second-order valence-corrected chi connectivity index (χ2v) is 8.50. The lowest BCUT2D eigenvalue weighted by molar-refractivity contribution is -0.137. The molecule has 2 aromatic carbocycles. The van der Waals surface area contributed by atoms with Gasteiger partial charge in [0, 0.05) is 13.0 Å². The molecule has 140 valence electrons. The first kappa shape index (κ1) is 20.0. The standard InChI is InChI=1S/C20H25NO4S/c1-15(2)17-8-10-18(11-9-17)21(14-4-5-20(22)23)26(24,25)19-12-6-16(3)7-13-19/h6-13,15H,4-5,14H2,1-3H3,(H,22,23). The van der Waals surface area contributed by atoms with Crippen molar-refractivity contribution in [2.75, 3.05) is 10.8 Å². The summed E-state index contributed by atoms with van der Waals surface area (Å²) in [4.78, 5) is 11.0. The number of hydrogen-bond donors (Lipinski definition) is 1. The summed E-state index contributed by atoms with van der Waals surface area (Å²) in [6.45, 7) is 6.15. The third-order valence-electron chi connectivity index (χ3n) is 4.21. The summed E-state index contributed by atoms with van der Waals surface area (Å²) < 4.78 is 27.5. The van der Waals surface area contributed by atoms with Crippen LogP contribution in [0.4, 0.5) is 5.69 Å². The number of carbonyl (C=O) groups is 1. The van der Waals surface area contributed by atoms with Gasteiger partial charge in [0.15, 0.2) is 0 Å². The minimum atomic E-state index is -3.76. The molecule has 0 aliphatic rings. The predicted octanol–water partition coefficient (Wildman–Crippen LogP) is 4.18. The minimum Gasteiger partial charge on any atom is -0.481 e. The van der Waals surface area contributed by atoms with Crippen LogP contribution in [0.5, 0.6) is 0 Å². The summed E-state index contributed by atoms with van der Waals surface area (Å²) in [5.41, 5.74) is 2.63. The second-order valence-electron chi connectivity index (χ2n) is 6.63. The summed E-state index contributed by atoms with van der Waals surface area (Å²) in [6, 6.07) is 14.1. The Hall–Kier alpha value is -2.34. The molecule has 1 N–H and O–H groups in total. The Morgan fingerprint density at radius 2 is 1.62 bits per heavy atom. The number of carboxylic acid groups (broad SMARTS) is 1. The van der Waals surface area contributed by atoms with Crippen LogP contribution in [0, 0.1) is 6.92 Å². The summed E-state index contributed by atoms with van der Waals surface area (Å²) in [6.07, 6.45) is 0.163. The average Bonchev–Trinajstić information content (AvgIpc) is 2.59. The minimum absolute atomic E-state index is 0.0794. The highest BCUT2D eigenvalue weighted by Crippen LogP contribution is 2.26. The summed E-state index contributed by atoms with van der Waals surface area (Å²) >= 11 is 0. The lowest BCUT2D eigenvalue weighted by Gasteiger charge is -2.25. The van der Waals surface area contributed by atoms with Gasteiger partial charge in [0.05, 0.1) is 10.6 Å². The van der Waals surface area contributed by atoms with Crippen LogP contribution in [0.1, 0.15) is 43.7 Å². The zero-order chi connectivity index (χ0) is 19.3. The fraction of sp³-hybridized carbons (Fsp3) is 0.350. The Morgan fingerprint density at radius 1 is 1.04 bits per heavy atom. The molecule has 0 spiro atoms. The normalized spacial score (nSPS) is 11.5. The molecule has 0 saturated heterocycles. The van der Waals surface area contributed by atoms with Crippen molar-refractivity contribution in [2.45, 2.75) is 44.4 Å². The van der Waals surface area contributed by atoms with Gasteiger partial charge in [-0.15, -0.1) is 0 Å². The highest BCUT2D eigenvalue weighted by molar-refractivity contribution is 7.92. The van der Waals surface area contributed by atoms with Gasteiger partial charge in [0.1, 0.15) is 0 Å². The van der Waals surface area contributed by atoms with Crippen molar-refractivity contribution in [3.8, 4) is 0 Å². The van der Waals surface area contributed by atoms with Crippen molar-refractivity contribution in [1.29, 1.82) is 0 Å². The maximum Gasteiger partial charge on any atom is 0.303 e. The Morgan fingerprint density at radius 3 is 2.12 bits per heavy atom. The van der Waals surface area contributed by atoms with Gasteiger partial charge in [0.2, 0.25) is 0 Å². The molecule has 5 nitrogen and oxygen atoms in total. The molecule has 0 fully saturated rings. The van der Waals surface area contributed by atoms with E-state index in [9.17, 15) is 13.2 Å². The molecule has 6 heteroatoms. The molecule has 0 bridgehead atoms. The Balaban J connectivity index is 2.39. The van der Waals surface area contributed by atoms with Gasteiger partial charge >= 0.3 is 5.97 Å². The van der Waals surface area contributed by atoms with E-state index < -0.39 is 16.0 Å². The molecule has 0 aromatic heterocycles. The first-order chi connectivity index (χ1) is 12.2. The number of benzene rings is 2. The number of rotatable bonds is 8. The lowest BCUT2D eigenvalue weighted by Crippen LogP contribution is -2.32. The Bertz CT molecular complexity index is 840. The van der Waals surface area contributed by atoms with Gasteiger partial charge in [-0.25, -0.2) is 8.42 Å². The molecule has 0 aliphatic carbocycles. The maximum absolute atomic E-state index is 13.1. The van der Waals surface area contributed by atoms with Crippen LogP contribution in [0.3, 0.4) is 0 Å². The summed E-state index contributed by atoms with van der Waals surface area (Å²) in [7, 11) is -3.76. The van der Waals surface area contributed by atoms with Crippen molar-refractivity contribution < 1.29 is 18.3 Å². The topological polar surface area (TPSA) is 74.7 Å². The Labute approximate surface area is 155 Å². The van der Waals surface area contributed by atoms with Crippen LogP contribution in [-0.4, -0.2) is 26.0 Å². The van der Waals surface area contributed by atoms with E-state index in [1.165, 1.54) is 4.31 Å². The molecule has 0 unspecified atom stereocenters. The van der Waals surface area contributed by atoms with Gasteiger partial charge in [-0.2, -0.15) is 0 Å². The van der Waals surface area contributed by atoms with Gasteiger partial charge < -0.3 is 5.11 Å². The number of aliphatic carboxylic acids is 1. The molecular formula is C20H25NO4S. The van der Waals surface area contributed by atoms with Crippen molar-refractivity contribution >= 4 is 21.7 Å². The molecule has 26 heavy (non-hydrogen) atoms. The fourth-order valence-corrected chi connectivity index (χ4v) is 4.13. The van der Waals surface area contributed by atoms with E-state index >= 15 is 0 Å². The lowest BCUT2D eigenvalue weighted by atomic mass is 10.0. The van der Waals surface area contributed by atoms with Crippen LogP contribution in [0.2, 0.25) is 0 Å². The molecule has 0 saturated carbocycles. The van der Waals surface area contributed by atoms with Crippen molar-refractivity contribution in [3.05, 3.63) is 59.7 Å². The molecule has 0 radical (unpaired) electrons. The Kier molecular flexibility index (Phi) is 6.42. The van der Waals surface area contributed by atoms with Crippen molar-refractivity contribution in [1.82, 2.24) is 0 Å². The van der Waals surface area contributed by atoms with Gasteiger partial charge in [-0.05, 0) is 49.1 Å². The first-order valence-corrected chi connectivity index (χ1v) is 10.1. The van der Waals surface area contributed by atoms with Gasteiger partial charge in [0.25, 0.3) is 10.0 Å². The number of hydrogen-bond acceptors (Lipinski definition) is 3. The molecular weight excluding hydrogens is 350 g/mol. The molecule has 0 heterocycles. The van der Waals surface area contributed by atoms with E-state index in [0.29, 0.717) is 11.6 Å². The zero-order valence-corrected chi connectivity index (χ0v) is 16.2. The van der Waals surface area contributed by atoms with Crippen molar-refractivity contribution in [2.24, 2.45) is 0 Å². The van der Waals surface area contributed by atoms with E-state index in [1.54, 1.807) is 36.4 Å². The van der Waals surface area contributed by atoms with E-state index in [-0.39, 0.29) is 24.3 Å². The molecule has 0 atom stereocenters. The molecule has 2 rings (SSSR count). The van der Waals surface area contributed by atoms with Crippen LogP contribution in [-0.2, 0) is 14.8 Å². The monoisotopic (exact) mass is 375 g/mol. The van der Waals surface area contributed by atoms with Gasteiger partial charge in [-0.1, -0.05) is 43.7 Å². The third-order valence-corrected chi connectivity index (χ3v) is 6.05. The first-order valence-electron chi connectivity index (χ1n) is 8.63. The van der Waals surface area contributed by atoms with E-state index in [4.69, 9.17) is 5.11 Å². The van der Waals surface area contributed by atoms with E-state index in [0.717, 1.165) is 11.1 Å². The number of anilines is 1. The molecule has 0 amide bonds. The number of aryl methyl sites for hydroxylation is 1. The van der Waals surface area contributed by atoms with E-state index in [2.05, 4.69) is 13.8 Å². The SMILES string of the molecule is Cc1ccc(S(=O)(=O)N(CCCC(=O)O)c2ccc(C(C)C)cc2)cc1. The summed E-state index contributed by atoms with van der Waals surface area (Å²) in [5, 5.41) is 8.88. The smallest absolute Gasteiger partial charge is 0.303 e. The summed E-state index contributed by atoms with van der Waals surface area (Å²) in [5.74, 6) is -0.592. The van der Waals surface area contributed by atoms with Crippen LogP contribution in [0.25, 0.3) is 0 Å². The highest BCUT2D eigenvalue weighted by Gasteiger charge is 2.25.